The second-order valence-corrected chi connectivity index (χ2v) is 3.74. The molecular weight excluding hydrogens is 174 g/mol. The molecule has 74 valence electrons. The topological polar surface area (TPSA) is 51.8 Å². The minimum absolute atomic E-state index is 0.0786. The fourth-order valence-corrected chi connectivity index (χ4v) is 1.84. The Morgan fingerprint density at radius 1 is 1.43 bits per heavy atom. The largest absolute Gasteiger partial charge is 0.324 e. The van der Waals surface area contributed by atoms with Crippen molar-refractivity contribution in [3.05, 3.63) is 35.7 Å². The van der Waals surface area contributed by atoms with Gasteiger partial charge in [-0.15, -0.1) is 0 Å². The summed E-state index contributed by atoms with van der Waals surface area (Å²) in [4.78, 5) is 0. The van der Waals surface area contributed by atoms with Crippen molar-refractivity contribution in [2.75, 3.05) is 0 Å². The summed E-state index contributed by atoms with van der Waals surface area (Å²) in [6.45, 7) is 0. The van der Waals surface area contributed by atoms with E-state index in [1.807, 2.05) is 6.07 Å². The lowest BCUT2D eigenvalue weighted by Gasteiger charge is -2.11. The molecule has 1 aliphatic carbocycles. The maximum atomic E-state index is 6.07. The highest BCUT2D eigenvalue weighted by Gasteiger charge is 2.11. The molecule has 3 nitrogen and oxygen atoms in total. The third-order valence-electron chi connectivity index (χ3n) is 2.65. The fraction of sp³-hybridized carbons (Fsp3) is 0.455. The van der Waals surface area contributed by atoms with Gasteiger partial charge in [0.15, 0.2) is 0 Å². The molecule has 0 saturated heterocycles. The summed E-state index contributed by atoms with van der Waals surface area (Å²) < 4.78 is 0. The van der Waals surface area contributed by atoms with Crippen molar-refractivity contribution in [1.82, 2.24) is 10.2 Å². The minimum atomic E-state index is 0.0786. The van der Waals surface area contributed by atoms with E-state index in [9.17, 15) is 0 Å². The van der Waals surface area contributed by atoms with E-state index in [1.165, 1.54) is 24.8 Å². The maximum absolute atomic E-state index is 6.07. The first kappa shape index (κ1) is 9.34. The van der Waals surface area contributed by atoms with Gasteiger partial charge in [0.05, 0.1) is 6.20 Å². The molecule has 1 aliphatic rings. The third kappa shape index (κ3) is 2.17. The Kier molecular flexibility index (Phi) is 2.89. The molecule has 0 aliphatic heterocycles. The van der Waals surface area contributed by atoms with Crippen LogP contribution in [0.5, 0.6) is 0 Å². The van der Waals surface area contributed by atoms with Gasteiger partial charge in [-0.3, -0.25) is 0 Å². The molecule has 14 heavy (non-hydrogen) atoms. The van der Waals surface area contributed by atoms with E-state index in [1.54, 1.807) is 12.4 Å². The predicted molar refractivity (Wildman–Crippen MR) is 55.5 cm³/mol. The molecule has 0 bridgehead atoms. The van der Waals surface area contributed by atoms with Gasteiger partial charge in [-0.2, -0.15) is 10.2 Å². The molecule has 2 N–H and O–H groups in total. The lowest BCUT2D eigenvalue weighted by molar-refractivity contribution is 0.690. The summed E-state index contributed by atoms with van der Waals surface area (Å²) in [5.74, 6) is 0. The SMILES string of the molecule is NC(CC1=CCCC1)c1ccnnc1. The van der Waals surface area contributed by atoms with Gasteiger partial charge in [-0.25, -0.2) is 0 Å². The molecule has 3 heteroatoms. The van der Waals surface area contributed by atoms with Crippen molar-refractivity contribution >= 4 is 0 Å². The van der Waals surface area contributed by atoms with Crippen molar-refractivity contribution in [3.63, 3.8) is 0 Å². The average Bonchev–Trinajstić information content (AvgIpc) is 2.72. The quantitative estimate of drug-likeness (QED) is 0.740. The van der Waals surface area contributed by atoms with Crippen LogP contribution in [-0.4, -0.2) is 10.2 Å². The van der Waals surface area contributed by atoms with Crippen LogP contribution in [0.3, 0.4) is 0 Å². The van der Waals surface area contributed by atoms with Gasteiger partial charge in [0.2, 0.25) is 0 Å². The summed E-state index contributed by atoms with van der Waals surface area (Å²) in [6, 6.07) is 2.02. The van der Waals surface area contributed by atoms with Gasteiger partial charge in [0, 0.05) is 12.2 Å². The molecule has 1 atom stereocenters. The van der Waals surface area contributed by atoms with Gasteiger partial charge < -0.3 is 5.73 Å². The maximum Gasteiger partial charge on any atom is 0.0544 e. The number of nitrogens with two attached hydrogens (primary N) is 1. The standard InChI is InChI=1S/C11H15N3/c12-11(7-9-3-1-2-4-9)10-5-6-13-14-8-10/h3,5-6,8,11H,1-2,4,7,12H2. The third-order valence-corrected chi connectivity index (χ3v) is 2.65. The molecular formula is C11H15N3. The van der Waals surface area contributed by atoms with Crippen molar-refractivity contribution in [2.45, 2.75) is 31.7 Å². The van der Waals surface area contributed by atoms with E-state index in [-0.39, 0.29) is 6.04 Å². The van der Waals surface area contributed by atoms with Crippen LogP contribution in [0.2, 0.25) is 0 Å². The molecule has 0 saturated carbocycles. The van der Waals surface area contributed by atoms with Crippen molar-refractivity contribution < 1.29 is 0 Å². The Morgan fingerprint density at radius 2 is 2.36 bits per heavy atom. The van der Waals surface area contributed by atoms with Crippen molar-refractivity contribution in [3.8, 4) is 0 Å². The molecule has 1 aromatic heterocycles. The lowest BCUT2D eigenvalue weighted by atomic mass is 10.0. The summed E-state index contributed by atoms with van der Waals surface area (Å²) in [7, 11) is 0. The molecule has 0 spiro atoms. The Morgan fingerprint density at radius 3 is 3.00 bits per heavy atom. The second-order valence-electron chi connectivity index (χ2n) is 3.74. The van der Waals surface area contributed by atoms with Crippen molar-refractivity contribution in [2.24, 2.45) is 5.73 Å². The summed E-state index contributed by atoms with van der Waals surface area (Å²) in [6.07, 6.45) is 10.4. The van der Waals surface area contributed by atoms with Gasteiger partial charge in [0.1, 0.15) is 0 Å². The van der Waals surface area contributed by atoms with Gasteiger partial charge in [-0.1, -0.05) is 11.6 Å². The zero-order valence-corrected chi connectivity index (χ0v) is 8.19. The van der Waals surface area contributed by atoms with Crippen LogP contribution in [0.4, 0.5) is 0 Å². The van der Waals surface area contributed by atoms with E-state index in [2.05, 4.69) is 16.3 Å². The zero-order valence-electron chi connectivity index (χ0n) is 8.19. The minimum Gasteiger partial charge on any atom is -0.324 e. The number of nitrogens with zero attached hydrogens (tertiary/aromatic N) is 2. The number of hydrogen-bond donors (Lipinski definition) is 1. The molecule has 0 amide bonds. The molecule has 0 aromatic carbocycles. The number of aromatic nitrogens is 2. The molecule has 1 aromatic rings. The monoisotopic (exact) mass is 189 g/mol. The molecule has 1 heterocycles. The highest BCUT2D eigenvalue weighted by molar-refractivity contribution is 5.17. The Hall–Kier alpha value is -1.22. The van der Waals surface area contributed by atoms with Crippen LogP contribution < -0.4 is 5.73 Å². The first-order valence-electron chi connectivity index (χ1n) is 5.06. The van der Waals surface area contributed by atoms with Crippen LogP contribution in [0.15, 0.2) is 30.1 Å². The first-order valence-corrected chi connectivity index (χ1v) is 5.06. The molecule has 1 unspecified atom stereocenters. The predicted octanol–water partition coefficient (Wildman–Crippen LogP) is 1.98. The van der Waals surface area contributed by atoms with E-state index in [4.69, 9.17) is 5.73 Å². The van der Waals surface area contributed by atoms with Crippen LogP contribution in [0.1, 0.15) is 37.3 Å². The summed E-state index contributed by atoms with van der Waals surface area (Å²) in [5, 5.41) is 7.57. The van der Waals surface area contributed by atoms with Crippen LogP contribution in [-0.2, 0) is 0 Å². The molecule has 2 rings (SSSR count). The van der Waals surface area contributed by atoms with Crippen LogP contribution in [0, 0.1) is 0 Å². The highest BCUT2D eigenvalue weighted by atomic mass is 15.1. The normalized spacial score (nSPS) is 17.9. The number of allylic oxidation sites excluding steroid dienone is 1. The first-order chi connectivity index (χ1) is 6.86. The smallest absolute Gasteiger partial charge is 0.0544 e. The Bertz CT molecular complexity index is 319. The number of rotatable bonds is 3. The van der Waals surface area contributed by atoms with E-state index in [0.717, 1.165) is 12.0 Å². The van der Waals surface area contributed by atoms with Crippen molar-refractivity contribution in [1.29, 1.82) is 0 Å². The summed E-state index contributed by atoms with van der Waals surface area (Å²) >= 11 is 0. The number of hydrogen-bond acceptors (Lipinski definition) is 3. The second kappa shape index (κ2) is 4.33. The molecule has 0 radical (unpaired) electrons. The lowest BCUT2D eigenvalue weighted by Crippen LogP contribution is -2.11. The fourth-order valence-electron chi connectivity index (χ4n) is 1.84. The van der Waals surface area contributed by atoms with Crippen LogP contribution in [0.25, 0.3) is 0 Å². The molecule has 0 fully saturated rings. The Labute approximate surface area is 84.0 Å². The highest BCUT2D eigenvalue weighted by Crippen LogP contribution is 2.26. The zero-order chi connectivity index (χ0) is 9.80. The van der Waals surface area contributed by atoms with E-state index >= 15 is 0 Å². The summed E-state index contributed by atoms with van der Waals surface area (Å²) in [5.41, 5.74) is 8.64. The Balaban J connectivity index is 1.99. The van der Waals surface area contributed by atoms with Gasteiger partial charge in [-0.05, 0) is 37.3 Å². The van der Waals surface area contributed by atoms with Gasteiger partial charge in [0.25, 0.3) is 0 Å². The van der Waals surface area contributed by atoms with E-state index in [0.29, 0.717) is 0 Å². The van der Waals surface area contributed by atoms with Crippen LogP contribution >= 0.6 is 0 Å². The van der Waals surface area contributed by atoms with E-state index < -0.39 is 0 Å². The van der Waals surface area contributed by atoms with Gasteiger partial charge >= 0.3 is 0 Å². The average molecular weight is 189 g/mol.